The Morgan fingerprint density at radius 3 is 2.47 bits per heavy atom. The molecule has 2 aromatic carbocycles. The van der Waals surface area contributed by atoms with E-state index in [-0.39, 0.29) is 16.3 Å². The highest BCUT2D eigenvalue weighted by Crippen LogP contribution is 2.35. The van der Waals surface area contributed by atoms with Crippen LogP contribution in [0.5, 0.6) is 5.75 Å². The van der Waals surface area contributed by atoms with E-state index >= 15 is 0 Å². The van der Waals surface area contributed by atoms with Crippen LogP contribution in [0, 0.1) is 6.92 Å². The van der Waals surface area contributed by atoms with Crippen LogP contribution >= 0.6 is 0 Å². The molecule has 0 unspecified atom stereocenters. The van der Waals surface area contributed by atoms with Gasteiger partial charge in [0.1, 0.15) is 17.2 Å². The third-order valence-corrected chi connectivity index (χ3v) is 6.53. The summed E-state index contributed by atoms with van der Waals surface area (Å²) >= 11 is 0. The van der Waals surface area contributed by atoms with E-state index in [1.807, 2.05) is 6.92 Å². The first-order valence-electron chi connectivity index (χ1n) is 10.1. The maximum atomic E-state index is 13.5. The van der Waals surface area contributed by atoms with Gasteiger partial charge in [-0.05, 0) is 49.2 Å². The molecule has 0 spiro atoms. The number of unbranched alkanes of at least 4 members (excludes halogenated alkanes) is 2. The predicted octanol–water partition coefficient (Wildman–Crippen LogP) is 4.52. The van der Waals surface area contributed by atoms with Gasteiger partial charge in [-0.1, -0.05) is 31.9 Å². The number of amides is 1. The summed E-state index contributed by atoms with van der Waals surface area (Å²) in [6, 6.07) is 8.33. The number of nitrogens with zero attached hydrogens (tertiary/aromatic N) is 1. The Morgan fingerprint density at radius 2 is 1.84 bits per heavy atom. The zero-order valence-electron chi connectivity index (χ0n) is 18.2. The van der Waals surface area contributed by atoms with E-state index in [0.29, 0.717) is 28.9 Å². The number of carbonyl (C=O) groups excluding carboxylic acids is 1. The standard InChI is InChI=1S/C22H27F3N2O4S/c1-4-5-6-12-26-21(28)15-27(18-9-7-8-17(14-18)22(23,24)25)32(29,30)20-13-16(2)10-11-19(20)31-3/h7-11,13-14H,4-6,12,15H2,1-3H3,(H,26,28). The number of hydrogen-bond acceptors (Lipinski definition) is 4. The van der Waals surface area contributed by atoms with Gasteiger partial charge in [0.05, 0.1) is 18.4 Å². The lowest BCUT2D eigenvalue weighted by Crippen LogP contribution is -2.41. The largest absolute Gasteiger partial charge is 0.495 e. The highest BCUT2D eigenvalue weighted by atomic mass is 32.2. The molecule has 176 valence electrons. The van der Waals surface area contributed by atoms with E-state index in [2.05, 4.69) is 5.32 Å². The van der Waals surface area contributed by atoms with Crippen LogP contribution < -0.4 is 14.4 Å². The Hall–Kier alpha value is -2.75. The molecule has 0 radical (unpaired) electrons. The molecular weight excluding hydrogens is 445 g/mol. The minimum Gasteiger partial charge on any atom is -0.495 e. The van der Waals surface area contributed by atoms with Crippen molar-refractivity contribution in [2.24, 2.45) is 0 Å². The van der Waals surface area contributed by atoms with Gasteiger partial charge in [-0.25, -0.2) is 8.42 Å². The molecule has 0 fully saturated rings. The van der Waals surface area contributed by atoms with E-state index in [1.165, 1.54) is 25.3 Å². The molecule has 1 N–H and O–H groups in total. The Morgan fingerprint density at radius 1 is 1.12 bits per heavy atom. The summed E-state index contributed by atoms with van der Waals surface area (Å²) in [5, 5.41) is 2.63. The van der Waals surface area contributed by atoms with Gasteiger partial charge in [0.25, 0.3) is 10.0 Å². The molecule has 1 amide bonds. The van der Waals surface area contributed by atoms with Crippen LogP contribution in [0.3, 0.4) is 0 Å². The molecule has 6 nitrogen and oxygen atoms in total. The second-order valence-corrected chi connectivity index (χ2v) is 9.10. The minimum atomic E-state index is -4.67. The van der Waals surface area contributed by atoms with Crippen molar-refractivity contribution in [3.05, 3.63) is 53.6 Å². The van der Waals surface area contributed by atoms with Crippen LogP contribution in [0.15, 0.2) is 47.4 Å². The second kappa shape index (κ2) is 10.7. The number of aryl methyl sites for hydroxylation is 1. The van der Waals surface area contributed by atoms with Gasteiger partial charge in [-0.3, -0.25) is 9.10 Å². The van der Waals surface area contributed by atoms with Crippen LogP contribution in [-0.2, 0) is 21.0 Å². The van der Waals surface area contributed by atoms with Crippen molar-refractivity contribution >= 4 is 21.6 Å². The number of nitrogens with one attached hydrogen (secondary N) is 1. The van der Waals surface area contributed by atoms with Crippen LogP contribution in [0.1, 0.15) is 37.3 Å². The van der Waals surface area contributed by atoms with E-state index in [0.717, 1.165) is 25.0 Å². The average molecular weight is 473 g/mol. The van der Waals surface area contributed by atoms with Crippen molar-refractivity contribution in [1.29, 1.82) is 0 Å². The number of rotatable bonds is 10. The van der Waals surface area contributed by atoms with Crippen molar-refractivity contribution in [2.75, 3.05) is 24.5 Å². The number of methoxy groups -OCH3 is 1. The number of anilines is 1. The van der Waals surface area contributed by atoms with Crippen molar-refractivity contribution < 1.29 is 31.1 Å². The summed E-state index contributed by atoms with van der Waals surface area (Å²) in [6.45, 7) is 3.34. The average Bonchev–Trinajstić information content (AvgIpc) is 2.74. The Kier molecular flexibility index (Phi) is 8.54. The number of benzene rings is 2. The third-order valence-electron chi connectivity index (χ3n) is 4.74. The maximum absolute atomic E-state index is 13.5. The lowest BCUT2D eigenvalue weighted by Gasteiger charge is -2.26. The maximum Gasteiger partial charge on any atom is 0.416 e. The lowest BCUT2D eigenvalue weighted by atomic mass is 10.2. The summed E-state index contributed by atoms with van der Waals surface area (Å²) in [5.41, 5.74) is -0.681. The van der Waals surface area contributed by atoms with E-state index < -0.39 is 34.2 Å². The van der Waals surface area contributed by atoms with Crippen LogP contribution in [0.4, 0.5) is 18.9 Å². The monoisotopic (exact) mass is 472 g/mol. The summed E-state index contributed by atoms with van der Waals surface area (Å²) in [7, 11) is -3.14. The smallest absolute Gasteiger partial charge is 0.416 e. The molecule has 0 saturated carbocycles. The number of alkyl halides is 3. The van der Waals surface area contributed by atoms with E-state index in [9.17, 15) is 26.4 Å². The van der Waals surface area contributed by atoms with Crippen molar-refractivity contribution in [3.8, 4) is 5.75 Å². The van der Waals surface area contributed by atoms with Gasteiger partial charge in [-0.2, -0.15) is 13.2 Å². The first-order chi connectivity index (χ1) is 15.0. The molecule has 0 heterocycles. The number of sulfonamides is 1. The molecule has 0 aliphatic carbocycles. The fourth-order valence-electron chi connectivity index (χ4n) is 3.05. The Labute approximate surface area is 186 Å². The van der Waals surface area contributed by atoms with Gasteiger partial charge in [-0.15, -0.1) is 0 Å². The molecule has 0 saturated heterocycles. The SMILES string of the molecule is CCCCCNC(=O)CN(c1cccc(C(F)(F)F)c1)S(=O)(=O)c1cc(C)ccc1OC. The van der Waals surface area contributed by atoms with Gasteiger partial charge in [0.15, 0.2) is 0 Å². The highest BCUT2D eigenvalue weighted by molar-refractivity contribution is 7.93. The van der Waals surface area contributed by atoms with Crippen molar-refractivity contribution in [2.45, 2.75) is 44.2 Å². The molecule has 0 aliphatic rings. The molecule has 2 rings (SSSR count). The number of ether oxygens (including phenoxy) is 1. The van der Waals surface area contributed by atoms with E-state index in [4.69, 9.17) is 4.74 Å². The van der Waals surface area contributed by atoms with Crippen molar-refractivity contribution in [3.63, 3.8) is 0 Å². The minimum absolute atomic E-state index is 0.0240. The summed E-state index contributed by atoms with van der Waals surface area (Å²) < 4.78 is 72.7. The first kappa shape index (κ1) is 25.5. The van der Waals surface area contributed by atoms with E-state index in [1.54, 1.807) is 13.0 Å². The fraction of sp³-hybridized carbons (Fsp3) is 0.409. The molecule has 32 heavy (non-hydrogen) atoms. The number of hydrogen-bond donors (Lipinski definition) is 1. The molecule has 0 bridgehead atoms. The molecular formula is C22H27F3N2O4S. The van der Waals surface area contributed by atoms with Crippen LogP contribution in [-0.4, -0.2) is 34.5 Å². The van der Waals surface area contributed by atoms with Gasteiger partial charge < -0.3 is 10.1 Å². The van der Waals surface area contributed by atoms with Gasteiger partial charge in [0, 0.05) is 6.54 Å². The zero-order chi connectivity index (χ0) is 23.9. The Balaban J connectivity index is 2.51. The normalized spacial score (nSPS) is 11.8. The van der Waals surface area contributed by atoms with Crippen LogP contribution in [0.2, 0.25) is 0 Å². The summed E-state index contributed by atoms with van der Waals surface area (Å²) in [6.07, 6.45) is -2.14. The molecule has 2 aromatic rings. The topological polar surface area (TPSA) is 75.7 Å². The molecule has 0 aromatic heterocycles. The van der Waals surface area contributed by atoms with Crippen molar-refractivity contribution in [1.82, 2.24) is 5.32 Å². The summed E-state index contributed by atoms with van der Waals surface area (Å²) in [5.74, 6) is -0.593. The lowest BCUT2D eigenvalue weighted by molar-refractivity contribution is -0.137. The zero-order valence-corrected chi connectivity index (χ0v) is 19.0. The second-order valence-electron chi connectivity index (χ2n) is 7.27. The van der Waals surface area contributed by atoms with Gasteiger partial charge >= 0.3 is 6.18 Å². The van der Waals surface area contributed by atoms with Crippen LogP contribution in [0.25, 0.3) is 0 Å². The number of halogens is 3. The first-order valence-corrected chi connectivity index (χ1v) is 11.6. The quantitative estimate of drug-likeness (QED) is 0.516. The highest BCUT2D eigenvalue weighted by Gasteiger charge is 2.34. The molecule has 10 heteroatoms. The Bertz CT molecular complexity index is 1040. The summed E-state index contributed by atoms with van der Waals surface area (Å²) in [4.78, 5) is 12.3. The predicted molar refractivity (Wildman–Crippen MR) is 116 cm³/mol. The molecule has 0 aliphatic heterocycles. The molecule has 0 atom stereocenters. The third kappa shape index (κ3) is 6.38. The fourth-order valence-corrected chi connectivity index (χ4v) is 4.70. The van der Waals surface area contributed by atoms with Gasteiger partial charge in [0.2, 0.25) is 5.91 Å². The number of carbonyl (C=O) groups is 1.